The molecule has 2 fully saturated rings. The van der Waals surface area contributed by atoms with E-state index in [2.05, 4.69) is 20.2 Å². The van der Waals surface area contributed by atoms with Crippen molar-refractivity contribution in [1.82, 2.24) is 39.1 Å². The van der Waals surface area contributed by atoms with Crippen LogP contribution in [0, 0.1) is 0 Å². The van der Waals surface area contributed by atoms with Crippen molar-refractivity contribution in [3.63, 3.8) is 0 Å². The number of nitrogens with zero attached hydrogens (tertiary/aromatic N) is 7. The summed E-state index contributed by atoms with van der Waals surface area (Å²) in [4.78, 5) is 42.2. The van der Waals surface area contributed by atoms with Gasteiger partial charge in [-0.05, 0) is 60.4 Å². The molecule has 300 valence electrons. The van der Waals surface area contributed by atoms with Gasteiger partial charge >= 0.3 is 6.03 Å². The van der Waals surface area contributed by atoms with E-state index >= 15 is 0 Å². The number of benzene rings is 3. The van der Waals surface area contributed by atoms with Gasteiger partial charge in [0.25, 0.3) is 0 Å². The lowest BCUT2D eigenvalue weighted by Crippen LogP contribution is -2.52. The molecule has 16 heteroatoms. The lowest BCUT2D eigenvalue weighted by molar-refractivity contribution is -0.186. The number of carbonyl (C=O) groups is 2. The van der Waals surface area contributed by atoms with Crippen LogP contribution in [0.1, 0.15) is 35.2 Å². The van der Waals surface area contributed by atoms with Crippen LogP contribution in [0.15, 0.2) is 98.0 Å². The summed E-state index contributed by atoms with van der Waals surface area (Å²) in [6.07, 6.45) is 9.71. The van der Waals surface area contributed by atoms with Gasteiger partial charge < -0.3 is 33.7 Å². The highest BCUT2D eigenvalue weighted by Gasteiger charge is 2.45. The lowest BCUT2D eigenvalue weighted by atomic mass is 10.0. The molecule has 0 spiro atoms. The van der Waals surface area contributed by atoms with Crippen molar-refractivity contribution < 1.29 is 19.1 Å². The second-order valence-corrected chi connectivity index (χ2v) is 16.2. The number of hydrogen-bond acceptors (Lipinski definition) is 7. The van der Waals surface area contributed by atoms with Crippen molar-refractivity contribution in [2.75, 3.05) is 32.8 Å². The van der Waals surface area contributed by atoms with Crippen LogP contribution in [-0.4, -0.2) is 90.7 Å². The summed E-state index contributed by atoms with van der Waals surface area (Å²) in [7, 11) is 1.94. The van der Waals surface area contributed by atoms with E-state index in [1.54, 1.807) is 37.1 Å². The zero-order valence-corrected chi connectivity index (χ0v) is 34.5. The van der Waals surface area contributed by atoms with Crippen LogP contribution in [0.25, 0.3) is 0 Å². The first-order valence-electron chi connectivity index (χ1n) is 18.8. The molecule has 0 bridgehead atoms. The Kier molecular flexibility index (Phi) is 13.4. The number of imidazole rings is 2. The summed E-state index contributed by atoms with van der Waals surface area (Å²) in [6, 6.07) is 20.3. The molecule has 0 aliphatic carbocycles. The van der Waals surface area contributed by atoms with Gasteiger partial charge in [0.1, 0.15) is 6.10 Å². The van der Waals surface area contributed by atoms with Gasteiger partial charge in [0, 0.05) is 91.6 Å². The second-order valence-electron chi connectivity index (χ2n) is 14.5. The van der Waals surface area contributed by atoms with Crippen molar-refractivity contribution >= 4 is 58.3 Å². The molecular formula is C41H44Cl4N8O4. The van der Waals surface area contributed by atoms with Crippen LogP contribution < -0.4 is 5.32 Å². The monoisotopic (exact) mass is 852 g/mol. The van der Waals surface area contributed by atoms with Crippen LogP contribution in [0.5, 0.6) is 0 Å². The molecule has 0 saturated carbocycles. The minimum atomic E-state index is -1.20. The number of halogens is 4. The summed E-state index contributed by atoms with van der Waals surface area (Å²) < 4.78 is 16.7. The Bertz CT molecular complexity index is 2100. The molecule has 5 aromatic rings. The fourth-order valence-electron chi connectivity index (χ4n) is 7.45. The predicted octanol–water partition coefficient (Wildman–Crippen LogP) is 7.40. The van der Waals surface area contributed by atoms with Crippen molar-refractivity contribution in [2.45, 2.75) is 57.0 Å². The van der Waals surface area contributed by atoms with Crippen molar-refractivity contribution in [2.24, 2.45) is 7.05 Å². The summed E-state index contributed by atoms with van der Waals surface area (Å²) in [5.74, 6) is -1.35. The molecule has 0 unspecified atom stereocenters. The SMILES string of the molecule is Cn1cncc1CN(CC(=O)NC[C@@H]1CO[C@@](Cn2ccnc2)(c2ccc(Cl)cc2Cl)O1)C1CCN(C(=O)N(Cc2cccc(Cl)c2)Cc2cccc(Cl)c2)CC1. The molecule has 0 radical (unpaired) electrons. The van der Waals surface area contributed by atoms with Crippen LogP contribution in [-0.2, 0) is 53.3 Å². The Balaban J connectivity index is 0.996. The number of hydrogen-bond donors (Lipinski definition) is 1. The number of likely N-dealkylation sites (tertiary alicyclic amines) is 1. The number of amides is 3. The van der Waals surface area contributed by atoms with E-state index in [1.807, 2.05) is 86.9 Å². The quantitative estimate of drug-likeness (QED) is 0.124. The number of piperidine rings is 1. The first kappa shape index (κ1) is 41.0. The first-order valence-corrected chi connectivity index (χ1v) is 20.3. The molecule has 2 aromatic heterocycles. The average molecular weight is 855 g/mol. The third kappa shape index (κ3) is 10.5. The predicted molar refractivity (Wildman–Crippen MR) is 220 cm³/mol. The third-order valence-electron chi connectivity index (χ3n) is 10.4. The highest BCUT2D eigenvalue weighted by atomic mass is 35.5. The molecular weight excluding hydrogens is 810 g/mol. The molecule has 1 N–H and O–H groups in total. The Morgan fingerprint density at radius 1 is 0.895 bits per heavy atom. The van der Waals surface area contributed by atoms with Gasteiger partial charge in [-0.2, -0.15) is 0 Å². The highest BCUT2D eigenvalue weighted by molar-refractivity contribution is 6.35. The highest BCUT2D eigenvalue weighted by Crippen LogP contribution is 2.40. The van der Waals surface area contributed by atoms with Crippen molar-refractivity contribution in [1.29, 1.82) is 0 Å². The van der Waals surface area contributed by atoms with E-state index in [0.717, 1.165) is 16.8 Å². The molecule has 2 saturated heterocycles. The van der Waals surface area contributed by atoms with Gasteiger partial charge in [0.2, 0.25) is 11.7 Å². The van der Waals surface area contributed by atoms with Gasteiger partial charge in [-0.1, -0.05) is 76.7 Å². The normalized spacial score (nSPS) is 18.6. The maximum absolute atomic E-state index is 14.2. The minimum absolute atomic E-state index is 0.0463. The number of nitrogens with one attached hydrogen (secondary N) is 1. The zero-order valence-electron chi connectivity index (χ0n) is 31.4. The zero-order chi connectivity index (χ0) is 39.9. The number of rotatable bonds is 14. The molecule has 3 amide bonds. The molecule has 57 heavy (non-hydrogen) atoms. The molecule has 12 nitrogen and oxygen atoms in total. The molecule has 2 atom stereocenters. The second kappa shape index (κ2) is 18.6. The van der Waals surface area contributed by atoms with Crippen LogP contribution in [0.4, 0.5) is 4.79 Å². The van der Waals surface area contributed by atoms with Crippen molar-refractivity contribution in [3.05, 3.63) is 140 Å². The van der Waals surface area contributed by atoms with E-state index in [1.165, 1.54) is 0 Å². The number of aromatic nitrogens is 4. The van der Waals surface area contributed by atoms with E-state index < -0.39 is 11.9 Å². The van der Waals surface area contributed by atoms with Crippen LogP contribution >= 0.6 is 46.4 Å². The fourth-order valence-corrected chi connectivity index (χ4v) is 8.42. The van der Waals surface area contributed by atoms with Gasteiger partial charge in [0.15, 0.2) is 0 Å². The van der Waals surface area contributed by atoms with Crippen LogP contribution in [0.3, 0.4) is 0 Å². The minimum Gasteiger partial charge on any atom is -0.352 e. The summed E-state index contributed by atoms with van der Waals surface area (Å²) in [6.45, 7) is 3.31. The van der Waals surface area contributed by atoms with Crippen LogP contribution in [0.2, 0.25) is 20.1 Å². The van der Waals surface area contributed by atoms with E-state index in [0.29, 0.717) is 77.8 Å². The van der Waals surface area contributed by atoms with Gasteiger partial charge in [-0.25, -0.2) is 14.8 Å². The summed E-state index contributed by atoms with van der Waals surface area (Å²) in [5.41, 5.74) is 3.49. The first-order chi connectivity index (χ1) is 27.5. The van der Waals surface area contributed by atoms with Crippen molar-refractivity contribution in [3.8, 4) is 0 Å². The number of carbonyl (C=O) groups excluding carboxylic acids is 2. The maximum atomic E-state index is 14.2. The topological polar surface area (TPSA) is 110 Å². The van der Waals surface area contributed by atoms with Gasteiger partial charge in [0.05, 0.1) is 43.1 Å². The Hall–Kier alpha value is -4.14. The Labute approximate surface area is 352 Å². The van der Waals surface area contributed by atoms with E-state index in [4.69, 9.17) is 55.9 Å². The standard InChI is InChI=1S/C41H44Cl4N8O4/c1-49-27-47-19-35(49)23-52(24-39(54)48-20-36-25-56-41(57-36,26-50-15-12-46-28-50)37-9-8-33(44)18-38(37)45)34-10-13-51(14-11-34)40(55)53(21-29-4-2-6-31(42)16-29)22-30-5-3-7-32(43)17-30/h2-9,12,15-19,27-28,34,36H,10-11,13-14,20-26H2,1H3,(H,48,54)/t36-,41-/m1/s1. The molecule has 2 aliphatic rings. The summed E-state index contributed by atoms with van der Waals surface area (Å²) >= 11 is 25.5. The lowest BCUT2D eigenvalue weighted by Gasteiger charge is -2.40. The van der Waals surface area contributed by atoms with E-state index in [9.17, 15) is 9.59 Å². The van der Waals surface area contributed by atoms with Gasteiger partial charge in [-0.3, -0.25) is 9.69 Å². The maximum Gasteiger partial charge on any atom is 0.320 e. The van der Waals surface area contributed by atoms with E-state index in [-0.39, 0.29) is 37.7 Å². The fraction of sp³-hybridized carbons (Fsp3) is 0.366. The number of urea groups is 1. The smallest absolute Gasteiger partial charge is 0.320 e. The Morgan fingerprint density at radius 3 is 2.21 bits per heavy atom. The molecule has 4 heterocycles. The van der Waals surface area contributed by atoms with Gasteiger partial charge in [-0.15, -0.1) is 0 Å². The molecule has 3 aromatic carbocycles. The molecule has 7 rings (SSSR count). The summed E-state index contributed by atoms with van der Waals surface area (Å²) in [5, 5.41) is 5.24. The number of ether oxygens (including phenoxy) is 2. The largest absolute Gasteiger partial charge is 0.352 e. The average Bonchev–Trinajstić information content (AvgIpc) is 3.96. The number of aryl methyl sites for hydroxylation is 1. The molecule has 2 aliphatic heterocycles. The Morgan fingerprint density at radius 2 is 1.60 bits per heavy atom. The third-order valence-corrected chi connectivity index (χ3v) is 11.4.